The van der Waals surface area contributed by atoms with Crippen molar-refractivity contribution >= 4 is 17.7 Å². The van der Waals surface area contributed by atoms with Gasteiger partial charge >= 0.3 is 11.9 Å². The lowest BCUT2D eigenvalue weighted by atomic mass is 10.0. The molecule has 0 N–H and O–H groups in total. The number of carbonyl (C=O) groups excluding carboxylic acids is 2. The van der Waals surface area contributed by atoms with Crippen LogP contribution in [0, 0.1) is 0 Å². The number of ether oxygens (including phenoxy) is 3. The summed E-state index contributed by atoms with van der Waals surface area (Å²) in [5, 5.41) is 3.94. The summed E-state index contributed by atoms with van der Waals surface area (Å²) in [5.41, 5.74) is 1.37. The summed E-state index contributed by atoms with van der Waals surface area (Å²) in [5.74, 6) is 0.0997. The molecule has 0 fully saturated rings. The third kappa shape index (κ3) is 4.60. The summed E-state index contributed by atoms with van der Waals surface area (Å²) < 4.78 is 15.7. The van der Waals surface area contributed by atoms with Gasteiger partial charge in [-0.05, 0) is 36.4 Å². The zero-order valence-electron chi connectivity index (χ0n) is 14.9. The van der Waals surface area contributed by atoms with Crippen LogP contribution < -0.4 is 14.2 Å². The molecular formula is C19H19NO6. The van der Waals surface area contributed by atoms with E-state index in [2.05, 4.69) is 5.16 Å². The molecule has 0 atom stereocenters. The minimum Gasteiger partial charge on any atom is -0.497 e. The molecule has 136 valence electrons. The minimum atomic E-state index is -0.576. The van der Waals surface area contributed by atoms with E-state index in [0.717, 1.165) is 0 Å². The molecule has 0 saturated carbocycles. The Morgan fingerprint density at radius 3 is 2.12 bits per heavy atom. The molecule has 0 radical (unpaired) electrons. The molecule has 0 bridgehead atoms. The molecule has 26 heavy (non-hydrogen) atoms. The molecule has 0 heterocycles. The van der Waals surface area contributed by atoms with E-state index in [1.807, 2.05) is 0 Å². The van der Waals surface area contributed by atoms with E-state index in [4.69, 9.17) is 19.0 Å². The average Bonchev–Trinajstić information content (AvgIpc) is 2.62. The Hall–Kier alpha value is -3.35. The van der Waals surface area contributed by atoms with Crippen molar-refractivity contribution < 1.29 is 28.6 Å². The standard InChI is InChI=1S/C19H19NO6/c1-12(21)25-19-16(6-5-7-17(19)24-4)18(20-26-13(2)22)14-8-10-15(23-3)11-9-14/h5-11H,1-4H3/b20-18-. The molecule has 0 unspecified atom stereocenters. The third-order valence-corrected chi connectivity index (χ3v) is 3.33. The SMILES string of the molecule is COc1ccc(/C(=N/OC(C)=O)c2cccc(OC)c2OC(C)=O)cc1. The Labute approximate surface area is 151 Å². The molecular weight excluding hydrogens is 338 g/mol. The van der Waals surface area contributed by atoms with Gasteiger partial charge in [-0.1, -0.05) is 11.2 Å². The molecule has 0 spiro atoms. The van der Waals surface area contributed by atoms with Gasteiger partial charge in [-0.2, -0.15) is 0 Å². The quantitative estimate of drug-likeness (QED) is 0.260. The fourth-order valence-electron chi connectivity index (χ4n) is 2.23. The number of hydrogen-bond acceptors (Lipinski definition) is 7. The van der Waals surface area contributed by atoms with Crippen LogP contribution in [0.1, 0.15) is 25.0 Å². The highest BCUT2D eigenvalue weighted by Gasteiger charge is 2.20. The predicted molar refractivity (Wildman–Crippen MR) is 94.7 cm³/mol. The van der Waals surface area contributed by atoms with E-state index >= 15 is 0 Å². The van der Waals surface area contributed by atoms with Gasteiger partial charge in [0.2, 0.25) is 0 Å². The first-order chi connectivity index (χ1) is 12.5. The third-order valence-electron chi connectivity index (χ3n) is 3.33. The van der Waals surface area contributed by atoms with Gasteiger partial charge < -0.3 is 19.0 Å². The number of oxime groups is 1. The van der Waals surface area contributed by atoms with Crippen molar-refractivity contribution in [1.82, 2.24) is 0 Å². The lowest BCUT2D eigenvalue weighted by Gasteiger charge is -2.14. The van der Waals surface area contributed by atoms with Gasteiger partial charge in [0.15, 0.2) is 11.5 Å². The maximum Gasteiger partial charge on any atom is 0.332 e. The molecule has 0 aliphatic carbocycles. The average molecular weight is 357 g/mol. The summed E-state index contributed by atoms with van der Waals surface area (Å²) in [4.78, 5) is 27.6. The summed E-state index contributed by atoms with van der Waals surface area (Å²) >= 11 is 0. The van der Waals surface area contributed by atoms with Crippen molar-refractivity contribution in [2.75, 3.05) is 14.2 Å². The minimum absolute atomic E-state index is 0.184. The Kier molecular flexibility index (Phi) is 6.32. The van der Waals surface area contributed by atoms with Crippen molar-refractivity contribution in [3.05, 3.63) is 53.6 Å². The second kappa shape index (κ2) is 8.66. The Balaban J connectivity index is 2.63. The number of para-hydroxylation sites is 1. The second-order valence-corrected chi connectivity index (χ2v) is 5.18. The highest BCUT2D eigenvalue weighted by Crippen LogP contribution is 2.33. The van der Waals surface area contributed by atoms with Gasteiger partial charge in [0, 0.05) is 19.4 Å². The van der Waals surface area contributed by atoms with Crippen molar-refractivity contribution in [1.29, 1.82) is 0 Å². The van der Waals surface area contributed by atoms with Crippen LogP contribution in [-0.4, -0.2) is 31.9 Å². The van der Waals surface area contributed by atoms with Crippen LogP contribution >= 0.6 is 0 Å². The number of methoxy groups -OCH3 is 2. The summed E-state index contributed by atoms with van der Waals surface area (Å²) in [6, 6.07) is 12.0. The van der Waals surface area contributed by atoms with E-state index in [-0.39, 0.29) is 5.75 Å². The summed E-state index contributed by atoms with van der Waals surface area (Å²) in [6.45, 7) is 2.53. The summed E-state index contributed by atoms with van der Waals surface area (Å²) in [7, 11) is 3.02. The van der Waals surface area contributed by atoms with Crippen molar-refractivity contribution in [2.45, 2.75) is 13.8 Å². The van der Waals surface area contributed by atoms with Crippen molar-refractivity contribution in [2.24, 2.45) is 5.16 Å². The van der Waals surface area contributed by atoms with Crippen LogP contribution in [0.25, 0.3) is 0 Å². The molecule has 2 aromatic carbocycles. The molecule has 0 saturated heterocycles. The number of esters is 1. The first-order valence-electron chi connectivity index (χ1n) is 7.72. The lowest BCUT2D eigenvalue weighted by molar-refractivity contribution is -0.141. The van der Waals surface area contributed by atoms with Crippen LogP contribution in [0.3, 0.4) is 0 Å². The fourth-order valence-corrected chi connectivity index (χ4v) is 2.23. The van der Waals surface area contributed by atoms with Crippen LogP contribution in [-0.2, 0) is 14.4 Å². The molecule has 7 nitrogen and oxygen atoms in total. The van der Waals surface area contributed by atoms with Crippen LogP contribution in [0.2, 0.25) is 0 Å². The maximum atomic E-state index is 11.5. The highest BCUT2D eigenvalue weighted by atomic mass is 16.7. The van der Waals surface area contributed by atoms with Crippen LogP contribution in [0.5, 0.6) is 17.2 Å². The molecule has 2 aromatic rings. The molecule has 0 aliphatic heterocycles. The smallest absolute Gasteiger partial charge is 0.332 e. The first kappa shape index (κ1) is 19.0. The number of hydrogen-bond donors (Lipinski definition) is 0. The van der Waals surface area contributed by atoms with Crippen LogP contribution in [0.4, 0.5) is 0 Å². The number of rotatable bonds is 6. The van der Waals surface area contributed by atoms with E-state index in [0.29, 0.717) is 28.3 Å². The highest BCUT2D eigenvalue weighted by molar-refractivity contribution is 6.15. The normalized spacial score (nSPS) is 10.8. The fraction of sp³-hybridized carbons (Fsp3) is 0.211. The van der Waals surface area contributed by atoms with E-state index in [1.165, 1.54) is 21.0 Å². The molecule has 0 amide bonds. The van der Waals surface area contributed by atoms with Crippen LogP contribution in [0.15, 0.2) is 47.6 Å². The maximum absolute atomic E-state index is 11.5. The van der Waals surface area contributed by atoms with Gasteiger partial charge in [0.05, 0.1) is 19.8 Å². The predicted octanol–water partition coefficient (Wildman–Crippen LogP) is 2.94. The first-order valence-corrected chi connectivity index (χ1v) is 7.72. The molecule has 7 heteroatoms. The topological polar surface area (TPSA) is 83.4 Å². The van der Waals surface area contributed by atoms with Crippen molar-refractivity contribution in [3.8, 4) is 17.2 Å². The lowest BCUT2D eigenvalue weighted by Crippen LogP contribution is -2.12. The second-order valence-electron chi connectivity index (χ2n) is 5.18. The zero-order chi connectivity index (χ0) is 19.1. The summed E-state index contributed by atoms with van der Waals surface area (Å²) in [6.07, 6.45) is 0. The van der Waals surface area contributed by atoms with Gasteiger partial charge in [0.25, 0.3) is 0 Å². The van der Waals surface area contributed by atoms with Crippen molar-refractivity contribution in [3.63, 3.8) is 0 Å². The van der Waals surface area contributed by atoms with Gasteiger partial charge in [-0.3, -0.25) is 4.79 Å². The van der Waals surface area contributed by atoms with E-state index in [1.54, 1.807) is 49.6 Å². The molecule has 2 rings (SSSR count). The Morgan fingerprint density at radius 1 is 0.885 bits per heavy atom. The Morgan fingerprint density at radius 2 is 1.58 bits per heavy atom. The van der Waals surface area contributed by atoms with Gasteiger partial charge in [-0.25, -0.2) is 4.79 Å². The molecule has 0 aromatic heterocycles. The number of nitrogens with zero attached hydrogens (tertiary/aromatic N) is 1. The largest absolute Gasteiger partial charge is 0.497 e. The molecule has 0 aliphatic rings. The number of benzene rings is 2. The van der Waals surface area contributed by atoms with Gasteiger partial charge in [-0.15, -0.1) is 0 Å². The van der Waals surface area contributed by atoms with E-state index < -0.39 is 11.9 Å². The zero-order valence-corrected chi connectivity index (χ0v) is 14.9. The van der Waals surface area contributed by atoms with E-state index in [9.17, 15) is 9.59 Å². The van der Waals surface area contributed by atoms with Gasteiger partial charge in [0.1, 0.15) is 11.5 Å². The Bertz CT molecular complexity index is 826. The number of carbonyl (C=O) groups is 2. The monoisotopic (exact) mass is 357 g/mol.